The molecule has 0 aromatic carbocycles. The van der Waals surface area contributed by atoms with Crippen LogP contribution in [0.2, 0.25) is 0 Å². The van der Waals surface area contributed by atoms with E-state index in [0.29, 0.717) is 4.99 Å². The van der Waals surface area contributed by atoms with Crippen molar-refractivity contribution in [3.63, 3.8) is 0 Å². The van der Waals surface area contributed by atoms with Gasteiger partial charge in [-0.05, 0) is 31.4 Å². The van der Waals surface area contributed by atoms with Gasteiger partial charge in [0.1, 0.15) is 10.8 Å². The molecule has 0 spiro atoms. The molecule has 5 heteroatoms. The van der Waals surface area contributed by atoms with Crippen LogP contribution in [0, 0.1) is 12.8 Å². The van der Waals surface area contributed by atoms with Crippen molar-refractivity contribution in [3.8, 4) is 0 Å². The fourth-order valence-electron chi connectivity index (χ4n) is 2.30. The zero-order valence-electron chi connectivity index (χ0n) is 10.8. The van der Waals surface area contributed by atoms with Crippen LogP contribution in [-0.4, -0.2) is 34.3 Å². The Kier molecular flexibility index (Phi) is 3.82. The number of nitrogens with zero attached hydrogens (tertiary/aromatic N) is 2. The molecule has 1 aliphatic heterocycles. The first-order chi connectivity index (χ1) is 8.47. The minimum absolute atomic E-state index is 0.207. The van der Waals surface area contributed by atoms with Crippen molar-refractivity contribution in [1.82, 2.24) is 4.98 Å². The normalized spacial score (nSPS) is 24.1. The molecule has 98 valence electrons. The summed E-state index contributed by atoms with van der Waals surface area (Å²) in [7, 11) is 0. The minimum atomic E-state index is -0.207. The lowest BCUT2D eigenvalue weighted by Crippen LogP contribution is -2.42. The second-order valence-electron chi connectivity index (χ2n) is 5.00. The molecule has 0 aliphatic carbocycles. The minimum Gasteiger partial charge on any atom is -0.393 e. The maximum atomic E-state index is 9.75. The Morgan fingerprint density at radius 3 is 2.89 bits per heavy atom. The van der Waals surface area contributed by atoms with Crippen LogP contribution in [0.25, 0.3) is 0 Å². The highest BCUT2D eigenvalue weighted by Crippen LogP contribution is 2.23. The van der Waals surface area contributed by atoms with E-state index in [0.717, 1.165) is 36.6 Å². The molecule has 0 radical (unpaired) electrons. The monoisotopic (exact) mass is 265 g/mol. The number of anilines is 1. The van der Waals surface area contributed by atoms with Crippen LogP contribution in [0.5, 0.6) is 0 Å². The van der Waals surface area contributed by atoms with Crippen LogP contribution in [0.1, 0.15) is 24.6 Å². The highest BCUT2D eigenvalue weighted by molar-refractivity contribution is 7.80. The van der Waals surface area contributed by atoms with Crippen LogP contribution in [0.4, 0.5) is 5.82 Å². The Bertz CT molecular complexity index is 464. The zero-order valence-corrected chi connectivity index (χ0v) is 11.6. The van der Waals surface area contributed by atoms with Crippen molar-refractivity contribution in [3.05, 3.63) is 23.4 Å². The molecule has 18 heavy (non-hydrogen) atoms. The van der Waals surface area contributed by atoms with Gasteiger partial charge in [-0.25, -0.2) is 4.98 Å². The van der Waals surface area contributed by atoms with E-state index in [1.165, 1.54) is 0 Å². The number of thiocarbonyl (C=S) groups is 1. The lowest BCUT2D eigenvalue weighted by atomic mass is 9.97. The van der Waals surface area contributed by atoms with Gasteiger partial charge in [0, 0.05) is 24.3 Å². The third kappa shape index (κ3) is 2.79. The summed E-state index contributed by atoms with van der Waals surface area (Å²) in [5.74, 6) is 1.16. The van der Waals surface area contributed by atoms with E-state index in [4.69, 9.17) is 18.0 Å². The molecule has 3 N–H and O–H groups in total. The molecule has 2 heterocycles. The number of aromatic nitrogens is 1. The first-order valence-corrected chi connectivity index (χ1v) is 6.59. The summed E-state index contributed by atoms with van der Waals surface area (Å²) >= 11 is 5.02. The van der Waals surface area contributed by atoms with E-state index < -0.39 is 0 Å². The summed E-state index contributed by atoms with van der Waals surface area (Å²) in [4.78, 5) is 7.11. The average molecular weight is 265 g/mol. The Morgan fingerprint density at radius 1 is 1.56 bits per heavy atom. The third-order valence-corrected chi connectivity index (χ3v) is 3.64. The van der Waals surface area contributed by atoms with E-state index in [1.54, 1.807) is 0 Å². The van der Waals surface area contributed by atoms with Gasteiger partial charge in [0.25, 0.3) is 0 Å². The van der Waals surface area contributed by atoms with Gasteiger partial charge >= 0.3 is 0 Å². The quantitative estimate of drug-likeness (QED) is 0.788. The molecule has 0 bridgehead atoms. The molecule has 1 fully saturated rings. The molecular weight excluding hydrogens is 246 g/mol. The molecule has 2 unspecified atom stereocenters. The van der Waals surface area contributed by atoms with Gasteiger partial charge in [-0.15, -0.1) is 0 Å². The van der Waals surface area contributed by atoms with Crippen LogP contribution >= 0.6 is 12.2 Å². The summed E-state index contributed by atoms with van der Waals surface area (Å²) in [5.41, 5.74) is 7.44. The highest BCUT2D eigenvalue weighted by Gasteiger charge is 2.25. The number of aryl methyl sites for hydroxylation is 1. The van der Waals surface area contributed by atoms with Crippen LogP contribution in [0.3, 0.4) is 0 Å². The Balaban J connectivity index is 2.25. The molecule has 1 saturated heterocycles. The number of rotatable bonds is 2. The Morgan fingerprint density at radius 2 is 2.28 bits per heavy atom. The van der Waals surface area contributed by atoms with Gasteiger partial charge in [0.05, 0.1) is 6.10 Å². The van der Waals surface area contributed by atoms with E-state index in [9.17, 15) is 5.11 Å². The summed E-state index contributed by atoms with van der Waals surface area (Å²) in [6.07, 6.45) is 0.570. The van der Waals surface area contributed by atoms with Crippen LogP contribution in [-0.2, 0) is 0 Å². The lowest BCUT2D eigenvalue weighted by Gasteiger charge is -2.35. The van der Waals surface area contributed by atoms with E-state index in [-0.39, 0.29) is 12.0 Å². The van der Waals surface area contributed by atoms with Crippen LogP contribution in [0.15, 0.2) is 12.1 Å². The Labute approximate surface area is 113 Å². The molecule has 0 saturated carbocycles. The van der Waals surface area contributed by atoms with E-state index >= 15 is 0 Å². The molecule has 2 atom stereocenters. The van der Waals surface area contributed by atoms with Gasteiger partial charge in [-0.2, -0.15) is 0 Å². The summed E-state index contributed by atoms with van der Waals surface area (Å²) < 4.78 is 0. The second-order valence-corrected chi connectivity index (χ2v) is 5.44. The van der Waals surface area contributed by atoms with Crippen molar-refractivity contribution in [1.29, 1.82) is 0 Å². The van der Waals surface area contributed by atoms with Crippen molar-refractivity contribution in [2.24, 2.45) is 11.7 Å². The number of nitrogens with two attached hydrogens (primary N) is 1. The van der Waals surface area contributed by atoms with Crippen LogP contribution < -0.4 is 10.6 Å². The Hall–Kier alpha value is -1.20. The fourth-order valence-corrected chi connectivity index (χ4v) is 2.41. The molecule has 0 amide bonds. The smallest absolute Gasteiger partial charge is 0.129 e. The SMILES string of the molecule is Cc1cc(C(N)=S)cc(N2CCC(O)C(C)C2)n1. The number of hydrogen-bond acceptors (Lipinski definition) is 4. The summed E-state index contributed by atoms with van der Waals surface area (Å²) in [6, 6.07) is 3.83. The average Bonchev–Trinajstić information content (AvgIpc) is 2.31. The first-order valence-electron chi connectivity index (χ1n) is 6.19. The van der Waals surface area contributed by atoms with Gasteiger partial charge in [-0.1, -0.05) is 19.1 Å². The molecule has 1 aromatic rings. The van der Waals surface area contributed by atoms with Crippen molar-refractivity contribution in [2.45, 2.75) is 26.4 Å². The van der Waals surface area contributed by atoms with Gasteiger partial charge < -0.3 is 15.7 Å². The third-order valence-electron chi connectivity index (χ3n) is 3.41. The first kappa shape index (κ1) is 13.2. The van der Waals surface area contributed by atoms with Crippen molar-refractivity contribution in [2.75, 3.05) is 18.0 Å². The molecule has 2 rings (SSSR count). The lowest BCUT2D eigenvalue weighted by molar-refractivity contribution is 0.0969. The largest absolute Gasteiger partial charge is 0.393 e. The topological polar surface area (TPSA) is 62.4 Å². The summed E-state index contributed by atoms with van der Waals surface area (Å²) in [5, 5.41) is 9.75. The van der Waals surface area contributed by atoms with E-state index in [2.05, 4.69) is 16.8 Å². The fraction of sp³-hybridized carbons (Fsp3) is 0.538. The van der Waals surface area contributed by atoms with Gasteiger partial charge in [0.2, 0.25) is 0 Å². The molecule has 1 aromatic heterocycles. The predicted molar refractivity (Wildman–Crippen MR) is 76.9 cm³/mol. The van der Waals surface area contributed by atoms with Crippen molar-refractivity contribution >= 4 is 23.0 Å². The number of aliphatic hydroxyl groups is 1. The second kappa shape index (κ2) is 5.20. The number of pyridine rings is 1. The molecule has 1 aliphatic rings. The van der Waals surface area contributed by atoms with Gasteiger partial charge in [0.15, 0.2) is 0 Å². The summed E-state index contributed by atoms with van der Waals surface area (Å²) in [6.45, 7) is 5.63. The van der Waals surface area contributed by atoms with Crippen molar-refractivity contribution < 1.29 is 5.11 Å². The standard InChI is InChI=1S/C13H19N3OS/c1-8-7-16(4-3-11(8)17)12-6-10(13(14)18)5-9(2)15-12/h5-6,8,11,17H,3-4,7H2,1-2H3,(H2,14,18). The maximum Gasteiger partial charge on any atom is 0.129 e. The van der Waals surface area contributed by atoms with Gasteiger partial charge in [-0.3, -0.25) is 0 Å². The zero-order chi connectivity index (χ0) is 13.3. The number of hydrogen-bond donors (Lipinski definition) is 2. The molecular formula is C13H19N3OS. The highest BCUT2D eigenvalue weighted by atomic mass is 32.1. The molecule has 4 nitrogen and oxygen atoms in total. The predicted octanol–water partition coefficient (Wildman–Crippen LogP) is 1.23. The maximum absolute atomic E-state index is 9.75. The van der Waals surface area contributed by atoms with E-state index in [1.807, 2.05) is 19.1 Å². The number of aliphatic hydroxyl groups excluding tert-OH is 1. The number of piperidine rings is 1.